The van der Waals surface area contributed by atoms with Gasteiger partial charge in [0, 0.05) is 5.56 Å². The van der Waals surface area contributed by atoms with Crippen molar-refractivity contribution in [1.82, 2.24) is 5.16 Å². The Bertz CT molecular complexity index is 614. The van der Waals surface area contributed by atoms with Crippen molar-refractivity contribution in [2.45, 2.75) is 13.8 Å². The zero-order chi connectivity index (χ0) is 14.6. The van der Waals surface area contributed by atoms with E-state index in [1.165, 1.54) is 0 Å². The van der Waals surface area contributed by atoms with E-state index in [0.29, 0.717) is 17.3 Å². The fourth-order valence-corrected chi connectivity index (χ4v) is 5.83. The molecule has 20 heavy (non-hydrogen) atoms. The Labute approximate surface area is 120 Å². The average molecular weight is 315 g/mol. The first kappa shape index (κ1) is 15.3. The van der Waals surface area contributed by atoms with E-state index in [1.807, 2.05) is 44.2 Å². The summed E-state index contributed by atoms with van der Waals surface area (Å²) in [6, 6.07) is 11.0. The van der Waals surface area contributed by atoms with Crippen LogP contribution < -0.4 is 4.52 Å². The van der Waals surface area contributed by atoms with Gasteiger partial charge in [0.15, 0.2) is 5.76 Å². The smallest absolute Gasteiger partial charge is 0.333 e. The molecule has 1 aromatic heterocycles. The first-order chi connectivity index (χ1) is 9.56. The van der Waals surface area contributed by atoms with Gasteiger partial charge in [-0.2, -0.15) is 0 Å². The normalized spacial score (nSPS) is 11.8. The average Bonchev–Trinajstić information content (AvgIpc) is 2.88. The van der Waals surface area contributed by atoms with E-state index in [4.69, 9.17) is 9.05 Å². The second-order valence-corrected chi connectivity index (χ2v) is 10.2. The van der Waals surface area contributed by atoms with Crippen LogP contribution in [0.3, 0.4) is 0 Å². The number of hydrogen-bond donors (Lipinski definition) is 2. The number of rotatable bonds is 5. The molecule has 0 aliphatic rings. The third-order valence-electron chi connectivity index (χ3n) is 2.76. The van der Waals surface area contributed by atoms with Crippen LogP contribution in [0.5, 0.6) is 5.88 Å². The van der Waals surface area contributed by atoms with Gasteiger partial charge in [0.25, 0.3) is 5.88 Å². The van der Waals surface area contributed by atoms with E-state index in [9.17, 15) is 9.79 Å². The molecule has 5 nitrogen and oxygen atoms in total. The van der Waals surface area contributed by atoms with Crippen molar-refractivity contribution >= 4 is 16.8 Å². The number of benzene rings is 1. The van der Waals surface area contributed by atoms with Crippen LogP contribution in [0.4, 0.5) is 0 Å². The third-order valence-corrected chi connectivity index (χ3v) is 8.98. The molecule has 1 aromatic carbocycles. The van der Waals surface area contributed by atoms with Gasteiger partial charge in [-0.1, -0.05) is 44.2 Å². The van der Waals surface area contributed by atoms with Gasteiger partial charge in [-0.3, -0.25) is 0 Å². The quantitative estimate of drug-likeness (QED) is 0.829. The summed E-state index contributed by atoms with van der Waals surface area (Å²) in [7, 11) is -0.566. The maximum atomic E-state index is 10.1. The van der Waals surface area contributed by atoms with Gasteiger partial charge in [0.2, 0.25) is 0 Å². The van der Waals surface area contributed by atoms with Crippen LogP contribution >= 0.6 is 6.72 Å². The van der Waals surface area contributed by atoms with Crippen molar-refractivity contribution in [2.75, 3.05) is 11.5 Å². The fraction of sp³-hybridized carbons (Fsp3) is 0.308. The summed E-state index contributed by atoms with van der Waals surface area (Å²) in [4.78, 5) is 20.2. The van der Waals surface area contributed by atoms with Gasteiger partial charge in [0.05, 0.1) is 6.07 Å². The molecule has 0 aliphatic heterocycles. The monoisotopic (exact) mass is 315 g/mol. The minimum Gasteiger partial charge on any atom is -0.406 e. The lowest BCUT2D eigenvalue weighted by atomic mass is 10.2. The molecule has 110 valence electrons. The molecule has 0 atom stereocenters. The van der Waals surface area contributed by atoms with Crippen LogP contribution in [0.25, 0.3) is 11.3 Å². The second-order valence-electron chi connectivity index (χ2n) is 4.02. The van der Waals surface area contributed by atoms with Gasteiger partial charge in [-0.15, -0.1) is 10.1 Å². The SMILES string of the molecule is CCS(CC)=P(O)(O)Oc1cc(-c2ccccc2)on1. The predicted octanol–water partition coefficient (Wildman–Crippen LogP) is 3.04. The zero-order valence-electron chi connectivity index (χ0n) is 11.4. The number of nitrogens with zero attached hydrogens (tertiary/aromatic N) is 1. The van der Waals surface area contributed by atoms with Crippen LogP contribution in [-0.4, -0.2) is 26.4 Å². The molecular formula is C13H18NO4PS. The summed E-state index contributed by atoms with van der Waals surface area (Å²) in [5, 5.41) is 3.74. The topological polar surface area (TPSA) is 75.7 Å². The summed E-state index contributed by atoms with van der Waals surface area (Å²) in [5.74, 6) is 1.98. The van der Waals surface area contributed by atoms with Gasteiger partial charge < -0.3 is 18.8 Å². The van der Waals surface area contributed by atoms with E-state index >= 15 is 0 Å². The Morgan fingerprint density at radius 3 is 2.45 bits per heavy atom. The van der Waals surface area contributed by atoms with Crippen LogP contribution in [0.2, 0.25) is 0 Å². The van der Waals surface area contributed by atoms with Crippen molar-refractivity contribution in [3.8, 4) is 17.2 Å². The molecule has 2 rings (SSSR count). The highest BCUT2D eigenvalue weighted by molar-refractivity contribution is 8.27. The van der Waals surface area contributed by atoms with Crippen molar-refractivity contribution in [1.29, 1.82) is 0 Å². The molecule has 1 heterocycles. The Kier molecular flexibility index (Phi) is 5.05. The third kappa shape index (κ3) is 3.52. The number of hydrogen-bond acceptors (Lipinski definition) is 3. The molecule has 0 saturated heterocycles. The molecule has 0 amide bonds. The maximum absolute atomic E-state index is 10.1. The lowest BCUT2D eigenvalue weighted by Crippen LogP contribution is -2.04. The largest absolute Gasteiger partial charge is 0.406 e. The summed E-state index contributed by atoms with van der Waals surface area (Å²) in [6.07, 6.45) is 0. The molecule has 0 unspecified atom stereocenters. The van der Waals surface area contributed by atoms with Crippen LogP contribution in [-0.2, 0) is 10.1 Å². The standard InChI is InChI=1S/C13H18NO4PS/c1-3-20(4-2)19(15,16)18-13-10-12(17-14-13)11-8-6-5-7-9-11/h5-10,15-16H,3-4H2,1-2H3. The first-order valence-corrected chi connectivity index (χ1v) is 10.1. The van der Waals surface area contributed by atoms with Gasteiger partial charge in [-0.05, 0) is 16.7 Å². The van der Waals surface area contributed by atoms with Gasteiger partial charge in [-0.25, -0.2) is 0 Å². The van der Waals surface area contributed by atoms with Crippen molar-refractivity contribution in [3.05, 3.63) is 36.4 Å². The van der Waals surface area contributed by atoms with Gasteiger partial charge in [0.1, 0.15) is 0 Å². The van der Waals surface area contributed by atoms with E-state index < -0.39 is 16.8 Å². The zero-order valence-corrected chi connectivity index (χ0v) is 13.1. The molecule has 0 spiro atoms. The van der Waals surface area contributed by atoms with Crippen LogP contribution in [0.15, 0.2) is 40.9 Å². The highest BCUT2D eigenvalue weighted by Gasteiger charge is 2.20. The Hall–Kier alpha value is -1.07. The van der Waals surface area contributed by atoms with Crippen LogP contribution in [0.1, 0.15) is 13.8 Å². The lowest BCUT2D eigenvalue weighted by Gasteiger charge is -2.16. The van der Waals surface area contributed by atoms with Crippen molar-refractivity contribution < 1.29 is 18.8 Å². The van der Waals surface area contributed by atoms with Crippen molar-refractivity contribution in [2.24, 2.45) is 0 Å². The van der Waals surface area contributed by atoms with E-state index in [0.717, 1.165) is 5.56 Å². The summed E-state index contributed by atoms with van der Waals surface area (Å²) < 4.78 is 10.4. The highest BCUT2D eigenvalue weighted by Crippen LogP contribution is 2.44. The van der Waals surface area contributed by atoms with Crippen LogP contribution in [0, 0.1) is 0 Å². The molecule has 0 radical (unpaired) electrons. The fourth-order valence-electron chi connectivity index (χ4n) is 1.76. The second kappa shape index (κ2) is 6.59. The van der Waals surface area contributed by atoms with Crippen molar-refractivity contribution in [3.63, 3.8) is 0 Å². The Balaban J connectivity index is 2.25. The first-order valence-electron chi connectivity index (χ1n) is 6.31. The molecule has 0 fully saturated rings. The Morgan fingerprint density at radius 1 is 1.20 bits per heavy atom. The number of aromatic nitrogens is 1. The maximum Gasteiger partial charge on any atom is 0.333 e. The molecule has 0 saturated carbocycles. The summed E-state index contributed by atoms with van der Waals surface area (Å²) in [5.41, 5.74) is 0.861. The van der Waals surface area contributed by atoms with E-state index in [2.05, 4.69) is 5.16 Å². The molecule has 2 aromatic rings. The Morgan fingerprint density at radius 2 is 1.85 bits per heavy atom. The minimum absolute atomic E-state index is 0.113. The lowest BCUT2D eigenvalue weighted by molar-refractivity contribution is 0.340. The molecular weight excluding hydrogens is 297 g/mol. The van der Waals surface area contributed by atoms with E-state index in [1.54, 1.807) is 6.07 Å². The van der Waals surface area contributed by atoms with E-state index in [-0.39, 0.29) is 5.88 Å². The molecule has 2 N–H and O–H groups in total. The minimum atomic E-state index is -3.45. The predicted molar refractivity (Wildman–Crippen MR) is 82.4 cm³/mol. The van der Waals surface area contributed by atoms with Gasteiger partial charge >= 0.3 is 6.72 Å². The molecule has 0 bridgehead atoms. The molecule has 0 aliphatic carbocycles. The summed E-state index contributed by atoms with van der Waals surface area (Å²) in [6.45, 7) is 0.377. The molecule has 7 heteroatoms. The summed E-state index contributed by atoms with van der Waals surface area (Å²) >= 11 is 0. The highest BCUT2D eigenvalue weighted by atomic mass is 32.5.